The summed E-state index contributed by atoms with van der Waals surface area (Å²) in [4.78, 5) is 12.9. The van der Waals surface area contributed by atoms with Crippen LogP contribution in [0.1, 0.15) is 19.3 Å². The van der Waals surface area contributed by atoms with Crippen LogP contribution in [0.4, 0.5) is 0 Å². The van der Waals surface area contributed by atoms with Crippen molar-refractivity contribution in [3.8, 4) is 6.07 Å². The van der Waals surface area contributed by atoms with Crippen molar-refractivity contribution in [3.63, 3.8) is 0 Å². The number of hydrogen-bond donors (Lipinski definition) is 0. The van der Waals surface area contributed by atoms with Gasteiger partial charge in [-0.15, -0.1) is 0 Å². The van der Waals surface area contributed by atoms with E-state index in [1.807, 2.05) is 4.90 Å². The smallest absolute Gasteiger partial charge is 0.319 e. The van der Waals surface area contributed by atoms with Gasteiger partial charge in [-0.05, 0) is 19.3 Å². The Morgan fingerprint density at radius 1 is 1.69 bits per heavy atom. The minimum atomic E-state index is -0.262. The van der Waals surface area contributed by atoms with Crippen LogP contribution in [0.2, 0.25) is 0 Å². The number of esters is 1. The van der Waals surface area contributed by atoms with Gasteiger partial charge in [0.1, 0.15) is 0 Å². The van der Waals surface area contributed by atoms with Crippen molar-refractivity contribution < 1.29 is 9.53 Å². The minimum Gasteiger partial charge on any atom is -0.468 e. The molecule has 13 heavy (non-hydrogen) atoms. The number of rotatable bonds is 2. The van der Waals surface area contributed by atoms with Gasteiger partial charge in [0.2, 0.25) is 0 Å². The van der Waals surface area contributed by atoms with E-state index >= 15 is 0 Å². The molecule has 0 aliphatic carbocycles. The second-order valence-electron chi connectivity index (χ2n) is 3.19. The molecule has 72 valence electrons. The van der Waals surface area contributed by atoms with Gasteiger partial charge in [-0.3, -0.25) is 9.69 Å². The van der Waals surface area contributed by atoms with Crippen molar-refractivity contribution in [2.45, 2.75) is 25.3 Å². The molecule has 1 fully saturated rings. The lowest BCUT2D eigenvalue weighted by Crippen LogP contribution is -2.42. The number of nitriles is 1. The molecule has 0 N–H and O–H groups in total. The lowest BCUT2D eigenvalue weighted by Gasteiger charge is -2.29. The fraction of sp³-hybridized carbons (Fsp3) is 0.778. The molecule has 1 aliphatic heterocycles. The molecule has 1 heterocycles. The first kappa shape index (κ1) is 10.0. The molecular weight excluding hydrogens is 168 g/mol. The Bertz CT molecular complexity index is 222. The quantitative estimate of drug-likeness (QED) is 0.585. The molecule has 1 saturated heterocycles. The molecule has 1 rings (SSSR count). The third kappa shape index (κ3) is 2.71. The predicted molar refractivity (Wildman–Crippen MR) is 46.8 cm³/mol. The molecule has 0 aromatic carbocycles. The molecule has 0 spiro atoms. The Kier molecular flexibility index (Phi) is 3.71. The summed E-state index contributed by atoms with van der Waals surface area (Å²) in [6, 6.07) is 2.10. The van der Waals surface area contributed by atoms with E-state index < -0.39 is 0 Å². The van der Waals surface area contributed by atoms with E-state index in [9.17, 15) is 4.79 Å². The molecule has 1 aliphatic rings. The van der Waals surface area contributed by atoms with Crippen LogP contribution in [0.25, 0.3) is 0 Å². The maximum Gasteiger partial charge on any atom is 0.319 e. The number of piperidine rings is 1. The first-order valence-electron chi connectivity index (χ1n) is 4.48. The Labute approximate surface area is 78.1 Å². The molecule has 0 amide bonds. The molecule has 0 bridgehead atoms. The first-order chi connectivity index (χ1) is 6.27. The second kappa shape index (κ2) is 4.83. The molecule has 4 nitrogen and oxygen atoms in total. The van der Waals surface area contributed by atoms with Crippen LogP contribution in [-0.2, 0) is 9.53 Å². The molecule has 0 aromatic rings. The van der Waals surface area contributed by atoms with Crippen LogP contribution in [0.5, 0.6) is 0 Å². The lowest BCUT2D eigenvalue weighted by atomic mass is 10.0. The van der Waals surface area contributed by atoms with Crippen LogP contribution in [0.3, 0.4) is 0 Å². The average molecular weight is 182 g/mol. The topological polar surface area (TPSA) is 53.3 Å². The first-order valence-corrected chi connectivity index (χ1v) is 4.48. The normalized spacial score (nSPS) is 23.5. The van der Waals surface area contributed by atoms with Crippen LogP contribution in [0.15, 0.2) is 0 Å². The number of carbonyl (C=O) groups excluding carboxylic acids is 1. The van der Waals surface area contributed by atoms with Gasteiger partial charge in [0.15, 0.2) is 0 Å². The van der Waals surface area contributed by atoms with Crippen molar-refractivity contribution in [3.05, 3.63) is 0 Å². The average Bonchev–Trinajstić information content (AvgIpc) is 2.18. The van der Waals surface area contributed by atoms with E-state index in [-0.39, 0.29) is 18.6 Å². The number of carbonyl (C=O) groups is 1. The maximum atomic E-state index is 11.0. The molecule has 0 aromatic heterocycles. The molecule has 4 heteroatoms. The summed E-state index contributed by atoms with van der Waals surface area (Å²) < 4.78 is 4.56. The van der Waals surface area contributed by atoms with Crippen LogP contribution < -0.4 is 0 Å². The van der Waals surface area contributed by atoms with Gasteiger partial charge in [-0.2, -0.15) is 5.26 Å². The van der Waals surface area contributed by atoms with Gasteiger partial charge < -0.3 is 4.74 Å². The number of nitrogens with zero attached hydrogens (tertiary/aromatic N) is 2. The van der Waals surface area contributed by atoms with Gasteiger partial charge in [0, 0.05) is 6.54 Å². The zero-order valence-corrected chi connectivity index (χ0v) is 7.82. The molecule has 0 saturated carbocycles. The van der Waals surface area contributed by atoms with Gasteiger partial charge >= 0.3 is 5.97 Å². The highest BCUT2D eigenvalue weighted by Gasteiger charge is 2.23. The monoisotopic (exact) mass is 182 g/mol. The van der Waals surface area contributed by atoms with Crippen molar-refractivity contribution >= 4 is 5.97 Å². The summed E-state index contributed by atoms with van der Waals surface area (Å²) in [5.41, 5.74) is 0. The number of hydrogen-bond acceptors (Lipinski definition) is 4. The van der Waals surface area contributed by atoms with E-state index in [0.29, 0.717) is 0 Å². The zero-order chi connectivity index (χ0) is 9.68. The van der Waals surface area contributed by atoms with Crippen LogP contribution in [-0.4, -0.2) is 37.1 Å². The van der Waals surface area contributed by atoms with Crippen molar-refractivity contribution in [1.29, 1.82) is 5.26 Å². The zero-order valence-electron chi connectivity index (χ0n) is 7.82. The van der Waals surface area contributed by atoms with Gasteiger partial charge in [0.05, 0.1) is 25.8 Å². The van der Waals surface area contributed by atoms with Gasteiger partial charge in [-0.1, -0.05) is 0 Å². The summed E-state index contributed by atoms with van der Waals surface area (Å²) in [5, 5.41) is 8.80. The summed E-state index contributed by atoms with van der Waals surface area (Å²) in [7, 11) is 1.37. The standard InChI is InChI=1S/C9H14N2O2/c1-13-9(12)7-11-5-3-2-4-8(11)6-10/h8H,2-5,7H2,1H3. The van der Waals surface area contributed by atoms with Gasteiger partial charge in [0.25, 0.3) is 0 Å². The molecular formula is C9H14N2O2. The van der Waals surface area contributed by atoms with Crippen LogP contribution in [0, 0.1) is 11.3 Å². The molecule has 0 radical (unpaired) electrons. The van der Waals surface area contributed by atoms with E-state index in [1.54, 1.807) is 0 Å². The summed E-state index contributed by atoms with van der Waals surface area (Å²) in [6.07, 6.45) is 3.01. The number of ether oxygens (including phenoxy) is 1. The predicted octanol–water partition coefficient (Wildman–Crippen LogP) is 0.537. The Hall–Kier alpha value is -1.08. The Balaban J connectivity index is 2.46. The Morgan fingerprint density at radius 2 is 2.46 bits per heavy atom. The van der Waals surface area contributed by atoms with E-state index in [0.717, 1.165) is 25.8 Å². The fourth-order valence-electron chi connectivity index (χ4n) is 1.56. The highest BCUT2D eigenvalue weighted by atomic mass is 16.5. The summed E-state index contributed by atoms with van der Waals surface area (Å²) in [6.45, 7) is 1.07. The lowest BCUT2D eigenvalue weighted by molar-refractivity contribution is -0.142. The molecule has 1 atom stereocenters. The van der Waals surface area contributed by atoms with Crippen LogP contribution >= 0.6 is 0 Å². The third-order valence-corrected chi connectivity index (χ3v) is 2.32. The van der Waals surface area contributed by atoms with Crippen molar-refractivity contribution in [2.24, 2.45) is 0 Å². The van der Waals surface area contributed by atoms with E-state index in [2.05, 4.69) is 10.8 Å². The number of methoxy groups -OCH3 is 1. The van der Waals surface area contributed by atoms with Gasteiger partial charge in [-0.25, -0.2) is 0 Å². The second-order valence-corrected chi connectivity index (χ2v) is 3.19. The fourth-order valence-corrected chi connectivity index (χ4v) is 1.56. The van der Waals surface area contributed by atoms with E-state index in [4.69, 9.17) is 5.26 Å². The number of likely N-dealkylation sites (tertiary alicyclic amines) is 1. The van der Waals surface area contributed by atoms with Crippen molar-refractivity contribution in [2.75, 3.05) is 20.2 Å². The molecule has 1 unspecified atom stereocenters. The maximum absolute atomic E-state index is 11.0. The highest BCUT2D eigenvalue weighted by molar-refractivity contribution is 5.71. The summed E-state index contributed by atoms with van der Waals surface area (Å²) >= 11 is 0. The largest absolute Gasteiger partial charge is 0.468 e. The SMILES string of the molecule is COC(=O)CN1CCCCC1C#N. The summed E-state index contributed by atoms with van der Waals surface area (Å²) in [5.74, 6) is -0.262. The highest BCUT2D eigenvalue weighted by Crippen LogP contribution is 2.15. The Morgan fingerprint density at radius 3 is 3.08 bits per heavy atom. The van der Waals surface area contributed by atoms with Crippen molar-refractivity contribution in [1.82, 2.24) is 4.90 Å². The van der Waals surface area contributed by atoms with E-state index in [1.165, 1.54) is 7.11 Å². The third-order valence-electron chi connectivity index (χ3n) is 2.32. The minimum absolute atomic E-state index is 0.104.